The Morgan fingerprint density at radius 3 is 2.86 bits per heavy atom. The molecule has 14 heavy (non-hydrogen) atoms. The second-order valence-electron chi connectivity index (χ2n) is 2.69. The third-order valence-electron chi connectivity index (χ3n) is 1.80. The van der Waals surface area contributed by atoms with Crippen LogP contribution in [0.5, 0.6) is 0 Å². The van der Waals surface area contributed by atoms with Crippen molar-refractivity contribution in [1.29, 1.82) is 0 Å². The fraction of sp³-hybridized carbons (Fsp3) is 0. The van der Waals surface area contributed by atoms with E-state index < -0.39 is 5.97 Å². The maximum Gasteiger partial charge on any atom is 0.345 e. The van der Waals surface area contributed by atoms with E-state index in [1.807, 2.05) is 0 Å². The molecule has 0 spiro atoms. The predicted octanol–water partition coefficient (Wildman–Crippen LogP) is 3.50. The predicted molar refractivity (Wildman–Crippen MR) is 56.4 cm³/mol. The number of carboxylic acid groups (broad SMARTS) is 1. The zero-order valence-corrected chi connectivity index (χ0v) is 9.15. The quantitative estimate of drug-likeness (QED) is 0.864. The Kier molecular flexibility index (Phi) is 2.28. The van der Waals surface area contributed by atoms with Crippen LogP contribution in [-0.4, -0.2) is 11.1 Å². The minimum absolute atomic E-state index is 0.214. The summed E-state index contributed by atoms with van der Waals surface area (Å²) in [5.74, 6) is -1.37. The molecule has 2 aromatic rings. The first-order valence-corrected chi connectivity index (χ1v) is 5.31. The van der Waals surface area contributed by atoms with E-state index in [1.54, 1.807) is 6.07 Å². The highest BCUT2D eigenvalue weighted by molar-refractivity contribution is 9.10. The van der Waals surface area contributed by atoms with Gasteiger partial charge in [-0.25, -0.2) is 9.18 Å². The lowest BCUT2D eigenvalue weighted by Crippen LogP contribution is -1.89. The van der Waals surface area contributed by atoms with Crippen molar-refractivity contribution >= 4 is 43.3 Å². The monoisotopic (exact) mass is 274 g/mol. The molecule has 1 aromatic heterocycles. The highest BCUT2D eigenvalue weighted by atomic mass is 79.9. The van der Waals surface area contributed by atoms with Gasteiger partial charge in [0.1, 0.15) is 10.7 Å². The minimum Gasteiger partial charge on any atom is -0.477 e. The van der Waals surface area contributed by atoms with Crippen LogP contribution in [0.1, 0.15) is 9.67 Å². The summed E-state index contributed by atoms with van der Waals surface area (Å²) in [6, 6.07) is 4.36. The number of halogens is 2. The summed E-state index contributed by atoms with van der Waals surface area (Å²) in [6.45, 7) is 0. The Morgan fingerprint density at radius 2 is 2.21 bits per heavy atom. The number of carboxylic acids is 1. The molecule has 1 N–H and O–H groups in total. The Bertz CT molecular complexity index is 521. The van der Waals surface area contributed by atoms with Gasteiger partial charge in [0.25, 0.3) is 0 Å². The average molecular weight is 275 g/mol. The maximum atomic E-state index is 13.1. The maximum absolute atomic E-state index is 13.1. The lowest BCUT2D eigenvalue weighted by Gasteiger charge is -1.94. The number of hydrogen-bond acceptors (Lipinski definition) is 2. The zero-order valence-electron chi connectivity index (χ0n) is 6.75. The SMILES string of the molecule is O=C(O)c1cc2c(Br)c(F)ccc2s1. The molecule has 0 radical (unpaired) electrons. The summed E-state index contributed by atoms with van der Waals surface area (Å²) in [4.78, 5) is 10.9. The molecule has 0 aliphatic rings. The summed E-state index contributed by atoms with van der Waals surface area (Å²) in [6.07, 6.45) is 0. The fourth-order valence-electron chi connectivity index (χ4n) is 1.16. The van der Waals surface area contributed by atoms with Gasteiger partial charge >= 0.3 is 5.97 Å². The van der Waals surface area contributed by atoms with E-state index in [9.17, 15) is 9.18 Å². The van der Waals surface area contributed by atoms with Gasteiger partial charge in [-0.1, -0.05) is 0 Å². The molecule has 0 atom stereocenters. The summed E-state index contributed by atoms with van der Waals surface area (Å²) in [7, 11) is 0. The van der Waals surface area contributed by atoms with Crippen LogP contribution in [-0.2, 0) is 0 Å². The standard InChI is InChI=1S/C9H4BrFO2S/c10-8-4-3-7(9(12)13)14-6(4)2-1-5(8)11/h1-3H,(H,12,13). The van der Waals surface area contributed by atoms with Crippen LogP contribution in [0.15, 0.2) is 22.7 Å². The summed E-state index contributed by atoms with van der Waals surface area (Å²) in [5.41, 5.74) is 0. The lowest BCUT2D eigenvalue weighted by atomic mass is 10.2. The molecule has 2 rings (SSSR count). The van der Waals surface area contributed by atoms with E-state index in [2.05, 4.69) is 15.9 Å². The third-order valence-corrected chi connectivity index (χ3v) is 3.69. The molecule has 1 heterocycles. The molecule has 2 nitrogen and oxygen atoms in total. The molecule has 0 amide bonds. The van der Waals surface area contributed by atoms with Crippen LogP contribution in [0.25, 0.3) is 10.1 Å². The van der Waals surface area contributed by atoms with Gasteiger partial charge in [0, 0.05) is 10.1 Å². The molecule has 5 heteroatoms. The molecule has 0 saturated carbocycles. The van der Waals surface area contributed by atoms with Crippen molar-refractivity contribution in [2.75, 3.05) is 0 Å². The first kappa shape index (κ1) is 9.61. The second-order valence-corrected chi connectivity index (χ2v) is 4.57. The van der Waals surface area contributed by atoms with Crippen molar-refractivity contribution in [1.82, 2.24) is 0 Å². The van der Waals surface area contributed by atoms with Crippen LogP contribution >= 0.6 is 27.3 Å². The minimum atomic E-state index is -0.987. The largest absolute Gasteiger partial charge is 0.477 e. The number of carbonyl (C=O) groups is 1. The van der Waals surface area contributed by atoms with Gasteiger partial charge in [-0.2, -0.15) is 0 Å². The molecule has 0 aliphatic heterocycles. The molecular formula is C9H4BrFO2S. The van der Waals surface area contributed by atoms with Crippen LogP contribution in [0, 0.1) is 5.82 Å². The molecule has 72 valence electrons. The van der Waals surface area contributed by atoms with Crippen LogP contribution in [0.3, 0.4) is 0 Å². The molecule has 0 aliphatic carbocycles. The van der Waals surface area contributed by atoms with E-state index in [0.29, 0.717) is 9.86 Å². The van der Waals surface area contributed by atoms with Crippen LogP contribution in [0.4, 0.5) is 4.39 Å². The molecule has 0 saturated heterocycles. The number of rotatable bonds is 1. The first-order chi connectivity index (χ1) is 6.59. The van der Waals surface area contributed by atoms with Gasteiger partial charge in [-0.05, 0) is 34.1 Å². The van der Waals surface area contributed by atoms with Crippen molar-refractivity contribution in [3.63, 3.8) is 0 Å². The van der Waals surface area contributed by atoms with Gasteiger partial charge in [0.2, 0.25) is 0 Å². The van der Waals surface area contributed by atoms with E-state index in [-0.39, 0.29) is 10.7 Å². The van der Waals surface area contributed by atoms with E-state index >= 15 is 0 Å². The smallest absolute Gasteiger partial charge is 0.345 e. The van der Waals surface area contributed by atoms with Crippen molar-refractivity contribution in [3.05, 3.63) is 33.4 Å². The Balaban J connectivity index is 2.77. The van der Waals surface area contributed by atoms with Crippen molar-refractivity contribution in [3.8, 4) is 0 Å². The number of fused-ring (bicyclic) bond motifs is 1. The Morgan fingerprint density at radius 1 is 1.50 bits per heavy atom. The van der Waals surface area contributed by atoms with Gasteiger partial charge < -0.3 is 5.11 Å². The number of aromatic carboxylic acids is 1. The zero-order chi connectivity index (χ0) is 10.3. The Hall–Kier alpha value is -0.940. The molecule has 1 aromatic carbocycles. The first-order valence-electron chi connectivity index (χ1n) is 3.70. The lowest BCUT2D eigenvalue weighted by molar-refractivity contribution is 0.0702. The fourth-order valence-corrected chi connectivity index (χ4v) is 2.66. The molecule has 0 unspecified atom stereocenters. The van der Waals surface area contributed by atoms with Crippen LogP contribution in [0.2, 0.25) is 0 Å². The normalized spacial score (nSPS) is 10.7. The topological polar surface area (TPSA) is 37.3 Å². The molecular weight excluding hydrogens is 271 g/mol. The highest BCUT2D eigenvalue weighted by Crippen LogP contribution is 2.33. The number of benzene rings is 1. The summed E-state index contributed by atoms with van der Waals surface area (Å²) in [5, 5.41) is 9.35. The summed E-state index contributed by atoms with van der Waals surface area (Å²) >= 11 is 4.21. The van der Waals surface area contributed by atoms with Gasteiger partial charge in [0.15, 0.2) is 0 Å². The van der Waals surface area contributed by atoms with E-state index in [4.69, 9.17) is 5.11 Å². The van der Waals surface area contributed by atoms with E-state index in [0.717, 1.165) is 16.0 Å². The Labute approximate surface area is 91.1 Å². The number of hydrogen-bond donors (Lipinski definition) is 1. The van der Waals surface area contributed by atoms with Crippen LogP contribution < -0.4 is 0 Å². The summed E-state index contributed by atoms with van der Waals surface area (Å²) < 4.78 is 14.1. The highest BCUT2D eigenvalue weighted by Gasteiger charge is 2.12. The number of thiophene rings is 1. The molecule has 0 bridgehead atoms. The van der Waals surface area contributed by atoms with Crippen molar-refractivity contribution in [2.45, 2.75) is 0 Å². The van der Waals surface area contributed by atoms with Gasteiger partial charge in [-0.3, -0.25) is 0 Å². The van der Waals surface area contributed by atoms with Crippen molar-refractivity contribution < 1.29 is 14.3 Å². The second kappa shape index (κ2) is 3.33. The molecule has 0 fully saturated rings. The van der Waals surface area contributed by atoms with Gasteiger partial charge in [0.05, 0.1) is 4.47 Å². The van der Waals surface area contributed by atoms with Gasteiger partial charge in [-0.15, -0.1) is 11.3 Å². The average Bonchev–Trinajstić information content (AvgIpc) is 2.56. The van der Waals surface area contributed by atoms with E-state index in [1.165, 1.54) is 12.1 Å². The van der Waals surface area contributed by atoms with Crippen molar-refractivity contribution in [2.24, 2.45) is 0 Å². The third kappa shape index (κ3) is 1.42.